The van der Waals surface area contributed by atoms with Crippen LogP contribution < -0.4 is 5.32 Å². The highest BCUT2D eigenvalue weighted by Gasteiger charge is 2.51. The van der Waals surface area contributed by atoms with Crippen LogP contribution in [0, 0.1) is 16.0 Å². The van der Waals surface area contributed by atoms with Gasteiger partial charge in [0.15, 0.2) is 0 Å². The van der Waals surface area contributed by atoms with Crippen molar-refractivity contribution < 1.29 is 29.1 Å². The van der Waals surface area contributed by atoms with E-state index in [-0.39, 0.29) is 17.9 Å². The summed E-state index contributed by atoms with van der Waals surface area (Å²) in [6.07, 6.45) is 0. The van der Waals surface area contributed by atoms with E-state index in [4.69, 9.17) is 9.47 Å². The second kappa shape index (κ2) is 11.3. The first-order valence-corrected chi connectivity index (χ1v) is 11.5. The maximum Gasteiger partial charge on any atom is 0.336 e. The molecule has 2 N–H and O–H groups in total. The summed E-state index contributed by atoms with van der Waals surface area (Å²) in [7, 11) is 3.08. The first-order chi connectivity index (χ1) is 17.0. The molecular weight excluding hydrogens is 466 g/mol. The number of nitrogens with zero attached hydrogens (tertiary/aromatic N) is 2. The van der Waals surface area contributed by atoms with Crippen molar-refractivity contribution in [3.8, 4) is 0 Å². The fraction of sp³-hybridized carbons (Fsp3) is 0.385. The minimum atomic E-state index is -1.79. The van der Waals surface area contributed by atoms with Crippen molar-refractivity contribution in [1.82, 2.24) is 10.2 Å². The fourth-order valence-corrected chi connectivity index (χ4v) is 4.56. The molecule has 2 aromatic rings. The van der Waals surface area contributed by atoms with Gasteiger partial charge in [-0.15, -0.1) is 0 Å². The van der Waals surface area contributed by atoms with Crippen LogP contribution in [0.4, 0.5) is 5.69 Å². The zero-order valence-corrected chi connectivity index (χ0v) is 20.8. The zero-order chi connectivity index (χ0) is 26.5. The number of methoxy groups -OCH3 is 1. The van der Waals surface area contributed by atoms with Gasteiger partial charge in [0.25, 0.3) is 5.69 Å². The smallest absolute Gasteiger partial charge is 0.336 e. The third kappa shape index (κ3) is 6.07. The van der Waals surface area contributed by atoms with Gasteiger partial charge >= 0.3 is 11.9 Å². The molecule has 10 heteroatoms. The highest BCUT2D eigenvalue weighted by atomic mass is 16.6. The van der Waals surface area contributed by atoms with Crippen molar-refractivity contribution in [1.29, 1.82) is 0 Å². The molecule has 2 aromatic carbocycles. The Bertz CT molecular complexity index is 1150. The molecule has 10 nitrogen and oxygen atoms in total. The maximum absolute atomic E-state index is 13.3. The third-order valence-electron chi connectivity index (χ3n) is 6.21. The van der Waals surface area contributed by atoms with Crippen molar-refractivity contribution in [3.05, 3.63) is 87.1 Å². The number of ether oxygens (including phenoxy) is 2. The van der Waals surface area contributed by atoms with E-state index in [2.05, 4.69) is 5.32 Å². The van der Waals surface area contributed by atoms with Crippen LogP contribution in [0.5, 0.6) is 0 Å². The Kier molecular flexibility index (Phi) is 8.44. The predicted molar refractivity (Wildman–Crippen MR) is 132 cm³/mol. The van der Waals surface area contributed by atoms with Crippen LogP contribution in [-0.2, 0) is 25.6 Å². The van der Waals surface area contributed by atoms with Crippen molar-refractivity contribution >= 4 is 17.6 Å². The number of esters is 2. The fourth-order valence-electron chi connectivity index (χ4n) is 4.56. The number of non-ortho nitro benzene ring substituents is 1. The van der Waals surface area contributed by atoms with Crippen molar-refractivity contribution in [2.45, 2.75) is 32.0 Å². The maximum atomic E-state index is 13.3. The Labute approximate surface area is 209 Å². The molecule has 0 saturated carbocycles. The van der Waals surface area contributed by atoms with E-state index in [1.165, 1.54) is 32.2 Å². The van der Waals surface area contributed by atoms with Gasteiger partial charge in [0, 0.05) is 36.8 Å². The van der Waals surface area contributed by atoms with Gasteiger partial charge in [0.1, 0.15) is 18.2 Å². The average molecular weight is 498 g/mol. The number of nitrogens with one attached hydrogen (secondary N) is 1. The highest BCUT2D eigenvalue weighted by Crippen LogP contribution is 2.44. The lowest BCUT2D eigenvalue weighted by Gasteiger charge is -2.43. The van der Waals surface area contributed by atoms with Gasteiger partial charge in [-0.05, 0) is 32.0 Å². The minimum Gasteiger partial charge on any atom is -0.469 e. The molecule has 3 atom stereocenters. The molecule has 1 aliphatic heterocycles. The van der Waals surface area contributed by atoms with E-state index >= 15 is 0 Å². The molecule has 192 valence electrons. The number of aliphatic hydroxyl groups is 1. The average Bonchev–Trinajstić information content (AvgIpc) is 2.83. The molecule has 1 aliphatic rings. The number of carbonyl (C=O) groups excluding carboxylic acids is 2. The van der Waals surface area contributed by atoms with E-state index < -0.39 is 34.4 Å². The van der Waals surface area contributed by atoms with Crippen molar-refractivity contribution in [2.75, 3.05) is 27.3 Å². The molecule has 0 radical (unpaired) electrons. The summed E-state index contributed by atoms with van der Waals surface area (Å²) >= 11 is 0. The first-order valence-electron chi connectivity index (χ1n) is 11.5. The summed E-state index contributed by atoms with van der Waals surface area (Å²) in [6.45, 7) is 4.19. The monoisotopic (exact) mass is 497 g/mol. The Morgan fingerprint density at radius 2 is 1.89 bits per heavy atom. The normalized spacial score (nSPS) is 21.6. The number of allylic oxidation sites excluding steroid dienone is 1. The van der Waals surface area contributed by atoms with Crippen LogP contribution in [0.15, 0.2) is 65.9 Å². The number of nitro groups is 1. The summed E-state index contributed by atoms with van der Waals surface area (Å²) < 4.78 is 10.5. The molecule has 0 saturated heterocycles. The zero-order valence-electron chi connectivity index (χ0n) is 20.8. The highest BCUT2D eigenvalue weighted by molar-refractivity contribution is 5.93. The molecule has 36 heavy (non-hydrogen) atoms. The molecule has 3 unspecified atom stereocenters. The molecule has 0 aromatic heterocycles. The van der Waals surface area contributed by atoms with E-state index in [0.29, 0.717) is 24.4 Å². The lowest BCUT2D eigenvalue weighted by molar-refractivity contribution is -0.384. The molecule has 0 aliphatic carbocycles. The summed E-state index contributed by atoms with van der Waals surface area (Å²) in [5.41, 5.74) is -0.152. The summed E-state index contributed by atoms with van der Waals surface area (Å²) in [6, 6.07) is 15.5. The summed E-state index contributed by atoms with van der Waals surface area (Å²) in [5.74, 6) is -3.77. The van der Waals surface area contributed by atoms with Crippen LogP contribution in [0.25, 0.3) is 0 Å². The van der Waals surface area contributed by atoms with Crippen LogP contribution in [-0.4, -0.2) is 59.9 Å². The van der Waals surface area contributed by atoms with E-state index in [9.17, 15) is 24.8 Å². The first kappa shape index (κ1) is 26.8. The molecule has 0 spiro atoms. The largest absolute Gasteiger partial charge is 0.469 e. The van der Waals surface area contributed by atoms with Gasteiger partial charge in [-0.25, -0.2) is 4.79 Å². The van der Waals surface area contributed by atoms with Crippen molar-refractivity contribution in [3.63, 3.8) is 0 Å². The minimum absolute atomic E-state index is 0.0832. The van der Waals surface area contributed by atoms with Crippen molar-refractivity contribution in [2.24, 2.45) is 5.92 Å². The van der Waals surface area contributed by atoms with Gasteiger partial charge in [-0.1, -0.05) is 42.5 Å². The quantitative estimate of drug-likeness (QED) is 0.305. The topological polar surface area (TPSA) is 131 Å². The van der Waals surface area contributed by atoms with Gasteiger partial charge < -0.3 is 19.9 Å². The molecule has 3 rings (SSSR count). The van der Waals surface area contributed by atoms with Gasteiger partial charge in [-0.2, -0.15) is 0 Å². The SMILES string of the molecule is COC(=O)C1C(c2cccc([N+](=O)[O-])c2)C(C(=O)OCCN(C)Cc2ccccc2)=C(C)NC1(C)O. The van der Waals surface area contributed by atoms with Crippen LogP contribution in [0.2, 0.25) is 0 Å². The van der Waals surface area contributed by atoms with E-state index in [1.807, 2.05) is 42.3 Å². The lowest BCUT2D eigenvalue weighted by atomic mass is 9.72. The number of hydrogen-bond acceptors (Lipinski definition) is 9. The lowest BCUT2D eigenvalue weighted by Crippen LogP contribution is -2.57. The Morgan fingerprint density at radius 3 is 2.53 bits per heavy atom. The van der Waals surface area contributed by atoms with Crippen LogP contribution >= 0.6 is 0 Å². The number of likely N-dealkylation sites (N-methyl/N-ethyl adjacent to an activating group) is 1. The van der Waals surface area contributed by atoms with Crippen LogP contribution in [0.1, 0.15) is 30.9 Å². The summed E-state index contributed by atoms with van der Waals surface area (Å²) in [4.78, 5) is 38.9. The predicted octanol–water partition coefficient (Wildman–Crippen LogP) is 2.73. The van der Waals surface area contributed by atoms with Gasteiger partial charge in [0.2, 0.25) is 0 Å². The summed E-state index contributed by atoms with van der Waals surface area (Å²) in [5, 5.41) is 25.3. The molecule has 0 fully saturated rings. The number of carbonyl (C=O) groups is 2. The number of hydrogen-bond donors (Lipinski definition) is 2. The third-order valence-corrected chi connectivity index (χ3v) is 6.21. The number of rotatable bonds is 9. The second-order valence-corrected chi connectivity index (χ2v) is 9.00. The Morgan fingerprint density at radius 1 is 1.19 bits per heavy atom. The Hall–Kier alpha value is -3.76. The number of benzene rings is 2. The molecule has 0 amide bonds. The Balaban J connectivity index is 1.88. The molecule has 1 heterocycles. The number of nitro benzene ring substituents is 1. The second-order valence-electron chi connectivity index (χ2n) is 9.00. The standard InChI is InChI=1S/C26H31N3O7/c1-17-21(24(30)36-14-13-28(3)16-18-9-6-5-7-10-18)22(19-11-8-12-20(15-19)29(33)34)23(25(31)35-4)26(2,32)27-17/h5-12,15,22-23,27,32H,13-14,16H2,1-4H3. The molecule has 0 bridgehead atoms. The van der Waals surface area contributed by atoms with E-state index in [1.54, 1.807) is 13.0 Å². The van der Waals surface area contributed by atoms with Crippen LogP contribution in [0.3, 0.4) is 0 Å². The molecular formula is C26H31N3O7. The van der Waals surface area contributed by atoms with Gasteiger partial charge in [0.05, 0.1) is 17.6 Å². The van der Waals surface area contributed by atoms with E-state index in [0.717, 1.165) is 5.56 Å². The van der Waals surface area contributed by atoms with Gasteiger partial charge in [-0.3, -0.25) is 19.8 Å².